The molecule has 9 nitrogen and oxygen atoms in total. The first-order valence-corrected chi connectivity index (χ1v) is 26.9. The topological polar surface area (TPSA) is 111 Å². The Morgan fingerprint density at radius 3 is 1.58 bits per heavy atom. The van der Waals surface area contributed by atoms with E-state index in [4.69, 9.17) is 8.85 Å². The zero-order chi connectivity index (χ0) is 41.2. The van der Waals surface area contributed by atoms with Gasteiger partial charge in [-0.3, -0.25) is 4.79 Å². The van der Waals surface area contributed by atoms with Crippen molar-refractivity contribution in [3.63, 3.8) is 0 Å². The first-order valence-electron chi connectivity index (χ1n) is 18.6. The van der Waals surface area contributed by atoms with E-state index >= 15 is 0 Å². The van der Waals surface area contributed by atoms with Crippen molar-refractivity contribution in [3.8, 4) is 21.9 Å². The van der Waals surface area contributed by atoms with Crippen LogP contribution in [0.15, 0.2) is 101 Å². The molecule has 0 aliphatic carbocycles. The second-order valence-corrected chi connectivity index (χ2v) is 29.7. The standard InChI is InChI=1S/C25H27N3O2SSi.C18H22BrN3OSSi/c1-25(2,3)32(4,5)30-20-8-6-7-19(13-20)28-24-23-21(26-16-27-24)14-22(31-23)18-11-9-17(15-29)10-12-18;1-18(2,3)25(4,5)23-13-8-6-7-12(9-13)22-17-16-14(20-11-21-17)10-15(19)24-16/h6-16H,1-5H3,(H,26,27,28);6-11H,1-5H3,(H,20,21,22). The molecule has 0 fully saturated rings. The summed E-state index contributed by atoms with van der Waals surface area (Å²) in [5, 5.41) is 7.14. The summed E-state index contributed by atoms with van der Waals surface area (Å²) in [6.45, 7) is 22.4. The minimum atomic E-state index is -1.92. The summed E-state index contributed by atoms with van der Waals surface area (Å²) in [6, 6.07) is 27.8. The van der Waals surface area contributed by atoms with Gasteiger partial charge >= 0.3 is 0 Å². The Morgan fingerprint density at radius 1 is 0.632 bits per heavy atom. The largest absolute Gasteiger partial charge is 0.543 e. The van der Waals surface area contributed by atoms with Gasteiger partial charge in [0.1, 0.15) is 30.4 Å². The molecule has 0 aliphatic rings. The molecule has 0 saturated heterocycles. The number of hydrogen-bond acceptors (Lipinski definition) is 11. The van der Waals surface area contributed by atoms with Gasteiger partial charge < -0.3 is 19.5 Å². The summed E-state index contributed by atoms with van der Waals surface area (Å²) >= 11 is 6.76. The van der Waals surface area contributed by atoms with Crippen LogP contribution in [0.2, 0.25) is 36.3 Å². The Morgan fingerprint density at radius 2 is 1.11 bits per heavy atom. The Hall–Kier alpha value is -4.48. The quantitative estimate of drug-likeness (QED) is 0.102. The highest BCUT2D eigenvalue weighted by Gasteiger charge is 2.40. The number of benzene rings is 3. The molecule has 0 saturated carbocycles. The van der Waals surface area contributed by atoms with Crippen LogP contribution in [0.4, 0.5) is 23.0 Å². The number of halogens is 1. The van der Waals surface area contributed by atoms with E-state index < -0.39 is 16.6 Å². The number of hydrogen-bond donors (Lipinski definition) is 2. The van der Waals surface area contributed by atoms with Crippen LogP contribution in [0.3, 0.4) is 0 Å². The molecule has 2 N–H and O–H groups in total. The summed E-state index contributed by atoms with van der Waals surface area (Å²) in [7, 11) is -3.78. The third-order valence-corrected chi connectivity index (χ3v) is 22.0. The average Bonchev–Trinajstić information content (AvgIpc) is 3.75. The molecule has 57 heavy (non-hydrogen) atoms. The lowest BCUT2D eigenvalue weighted by Crippen LogP contribution is -2.43. The summed E-state index contributed by atoms with van der Waals surface area (Å²) in [6.07, 6.45) is 4.01. The van der Waals surface area contributed by atoms with Crippen LogP contribution in [-0.2, 0) is 0 Å². The molecule has 0 spiro atoms. The third kappa shape index (κ3) is 10.2. The SMILES string of the molecule is CC(C)(C)[Si](C)(C)Oc1cccc(Nc2ncnc3cc(-c4ccc(C=O)cc4)sc23)c1.CC(C)(C)[Si](C)(C)Oc1cccc(Nc2ncnc3cc(Br)sc23)c1. The molecule has 0 bridgehead atoms. The number of aromatic nitrogens is 4. The van der Waals surface area contributed by atoms with Crippen molar-refractivity contribution in [3.05, 3.63) is 107 Å². The second kappa shape index (κ2) is 16.8. The molecular formula is C43H49BrN6O3S2Si2. The van der Waals surface area contributed by atoms with Gasteiger partial charge in [0.25, 0.3) is 0 Å². The molecule has 0 radical (unpaired) electrons. The van der Waals surface area contributed by atoms with Gasteiger partial charge in [-0.15, -0.1) is 22.7 Å². The van der Waals surface area contributed by atoms with Crippen molar-refractivity contribution >= 4 is 105 Å². The van der Waals surface area contributed by atoms with Crippen LogP contribution in [0.25, 0.3) is 30.9 Å². The van der Waals surface area contributed by atoms with Gasteiger partial charge in [-0.05, 0) is 94.2 Å². The maximum absolute atomic E-state index is 10.9. The summed E-state index contributed by atoms with van der Waals surface area (Å²) in [4.78, 5) is 29.6. The van der Waals surface area contributed by atoms with E-state index in [9.17, 15) is 4.79 Å². The molecule has 3 aromatic carbocycles. The lowest BCUT2D eigenvalue weighted by atomic mass is 10.1. The number of thiophene rings is 2. The third-order valence-electron chi connectivity index (χ3n) is 10.5. The number of anilines is 4. The molecule has 4 aromatic heterocycles. The zero-order valence-corrected chi connectivity index (χ0v) is 39.2. The zero-order valence-electron chi connectivity index (χ0n) is 34.0. The van der Waals surface area contributed by atoms with E-state index in [0.29, 0.717) is 5.56 Å². The first kappa shape index (κ1) is 42.1. The highest BCUT2D eigenvalue weighted by molar-refractivity contribution is 9.11. The van der Waals surface area contributed by atoms with Crippen LogP contribution < -0.4 is 19.5 Å². The number of rotatable bonds is 10. The fourth-order valence-corrected chi connectivity index (χ4v) is 9.76. The van der Waals surface area contributed by atoms with Crippen molar-refractivity contribution < 1.29 is 13.6 Å². The van der Waals surface area contributed by atoms with Crippen molar-refractivity contribution in [2.75, 3.05) is 10.6 Å². The van der Waals surface area contributed by atoms with Crippen LogP contribution in [0, 0.1) is 0 Å². The number of nitrogens with zero attached hydrogens (tertiary/aromatic N) is 4. The van der Waals surface area contributed by atoms with Crippen LogP contribution in [0.5, 0.6) is 11.5 Å². The van der Waals surface area contributed by atoms with E-state index in [1.54, 1.807) is 35.3 Å². The maximum Gasteiger partial charge on any atom is 0.250 e. The summed E-state index contributed by atoms with van der Waals surface area (Å²) in [5.74, 6) is 3.34. The highest BCUT2D eigenvalue weighted by Crippen LogP contribution is 2.41. The average molecular weight is 898 g/mol. The van der Waals surface area contributed by atoms with Gasteiger partial charge in [-0.25, -0.2) is 19.9 Å². The number of nitrogens with one attached hydrogen (secondary N) is 2. The number of fused-ring (bicyclic) bond motifs is 2. The van der Waals surface area contributed by atoms with Gasteiger partial charge in [0.05, 0.1) is 24.2 Å². The van der Waals surface area contributed by atoms with E-state index in [-0.39, 0.29) is 10.1 Å². The van der Waals surface area contributed by atoms with Gasteiger partial charge in [0.2, 0.25) is 16.6 Å². The van der Waals surface area contributed by atoms with Crippen molar-refractivity contribution in [2.45, 2.75) is 77.8 Å². The smallest absolute Gasteiger partial charge is 0.250 e. The van der Waals surface area contributed by atoms with E-state index in [2.05, 4.69) is 120 Å². The molecule has 4 heterocycles. The number of aldehydes is 1. The predicted octanol–water partition coefficient (Wildman–Crippen LogP) is 13.9. The molecule has 296 valence electrons. The van der Waals surface area contributed by atoms with Crippen molar-refractivity contribution in [2.24, 2.45) is 0 Å². The molecule has 0 unspecified atom stereocenters. The van der Waals surface area contributed by atoms with Crippen LogP contribution in [0.1, 0.15) is 51.9 Å². The monoisotopic (exact) mass is 896 g/mol. The predicted molar refractivity (Wildman–Crippen MR) is 248 cm³/mol. The lowest BCUT2D eigenvalue weighted by Gasteiger charge is -2.36. The molecule has 7 rings (SSSR count). The van der Waals surface area contributed by atoms with Gasteiger partial charge in [-0.2, -0.15) is 0 Å². The second-order valence-electron chi connectivity index (χ2n) is 16.8. The Bertz CT molecular complexity index is 2510. The molecule has 7 aromatic rings. The van der Waals surface area contributed by atoms with Gasteiger partial charge in [0.15, 0.2) is 11.6 Å². The Kier molecular flexibility index (Phi) is 12.4. The lowest BCUT2D eigenvalue weighted by molar-refractivity contribution is 0.112. The number of carbonyl (C=O) groups is 1. The summed E-state index contributed by atoms with van der Waals surface area (Å²) in [5.41, 5.74) is 5.41. The van der Waals surface area contributed by atoms with Crippen LogP contribution in [-0.4, -0.2) is 42.9 Å². The number of carbonyl (C=O) groups excluding carboxylic acids is 1. The minimum Gasteiger partial charge on any atom is -0.543 e. The van der Waals surface area contributed by atoms with Crippen molar-refractivity contribution in [1.82, 2.24) is 19.9 Å². The summed E-state index contributed by atoms with van der Waals surface area (Å²) < 4.78 is 15.9. The molecule has 0 aliphatic heterocycles. The molecule has 0 atom stereocenters. The van der Waals surface area contributed by atoms with E-state index in [1.807, 2.05) is 78.9 Å². The fraction of sp³-hybridized carbons (Fsp3) is 0.279. The molecular weight excluding hydrogens is 849 g/mol. The molecule has 0 amide bonds. The van der Waals surface area contributed by atoms with E-state index in [0.717, 1.165) is 75.5 Å². The van der Waals surface area contributed by atoms with Gasteiger partial charge in [0, 0.05) is 33.9 Å². The first-order chi connectivity index (χ1) is 26.8. The van der Waals surface area contributed by atoms with Crippen molar-refractivity contribution in [1.29, 1.82) is 0 Å². The van der Waals surface area contributed by atoms with Crippen LogP contribution >= 0.6 is 38.6 Å². The Balaban J connectivity index is 0.000000199. The molecule has 14 heteroatoms. The Labute approximate surface area is 353 Å². The maximum atomic E-state index is 10.9. The normalized spacial score (nSPS) is 12.2. The fourth-order valence-electron chi connectivity index (χ4n) is 5.17. The minimum absolute atomic E-state index is 0.131. The highest BCUT2D eigenvalue weighted by atomic mass is 79.9. The van der Waals surface area contributed by atoms with E-state index in [1.165, 1.54) is 0 Å². The van der Waals surface area contributed by atoms with Gasteiger partial charge in [-0.1, -0.05) is 77.9 Å².